The Morgan fingerprint density at radius 1 is 1.07 bits per heavy atom. The number of likely N-dealkylation sites (tertiary alicyclic amines) is 1. The number of amides is 1. The summed E-state index contributed by atoms with van der Waals surface area (Å²) in [5, 5.41) is 10.6. The Balaban J connectivity index is 1.46. The second-order valence-corrected chi connectivity index (χ2v) is 10.7. The van der Waals surface area contributed by atoms with Gasteiger partial charge in [0.05, 0.1) is 6.10 Å². The van der Waals surface area contributed by atoms with Crippen molar-refractivity contribution < 1.29 is 19.1 Å². The van der Waals surface area contributed by atoms with E-state index < -0.39 is 0 Å². The molecule has 1 amide bonds. The fraction of sp³-hybridized carbons (Fsp3) is 0.680. The van der Waals surface area contributed by atoms with Crippen LogP contribution in [0, 0.1) is 34.4 Å². The van der Waals surface area contributed by atoms with Crippen LogP contribution < -0.4 is 0 Å². The first-order chi connectivity index (χ1) is 14.2. The van der Waals surface area contributed by atoms with E-state index in [0.29, 0.717) is 37.0 Å². The SMILES string of the molecule is C[C@]12CCC(=O)N(Cc3ccc(F)cc3)C1CCC1[C@@H]2C(=O)C[C@]2(C)C(O)CC[C@@H]12. The van der Waals surface area contributed by atoms with Crippen molar-refractivity contribution in [1.82, 2.24) is 4.90 Å². The van der Waals surface area contributed by atoms with Crippen LogP contribution >= 0.6 is 0 Å². The molecule has 162 valence electrons. The zero-order chi connectivity index (χ0) is 21.3. The molecule has 3 saturated carbocycles. The molecule has 1 saturated heterocycles. The number of piperidine rings is 1. The molecule has 1 aliphatic heterocycles. The summed E-state index contributed by atoms with van der Waals surface area (Å²) in [6, 6.07) is 6.42. The summed E-state index contributed by atoms with van der Waals surface area (Å²) in [7, 11) is 0. The largest absolute Gasteiger partial charge is 0.393 e. The quantitative estimate of drug-likeness (QED) is 0.794. The molecular formula is C25H32FNO3. The summed E-state index contributed by atoms with van der Waals surface area (Å²) in [6.07, 6.45) is 4.97. The number of carbonyl (C=O) groups excluding carboxylic acids is 2. The van der Waals surface area contributed by atoms with Gasteiger partial charge >= 0.3 is 0 Å². The maximum Gasteiger partial charge on any atom is 0.223 e. The van der Waals surface area contributed by atoms with E-state index >= 15 is 0 Å². The second kappa shape index (κ2) is 6.88. The Labute approximate surface area is 177 Å². The van der Waals surface area contributed by atoms with E-state index in [4.69, 9.17) is 0 Å². The summed E-state index contributed by atoms with van der Waals surface area (Å²) in [4.78, 5) is 28.4. The molecule has 0 radical (unpaired) electrons. The molecule has 3 aliphatic carbocycles. The van der Waals surface area contributed by atoms with Crippen LogP contribution in [0.5, 0.6) is 0 Å². The van der Waals surface area contributed by atoms with Gasteiger partial charge in [0.15, 0.2) is 0 Å². The number of carbonyl (C=O) groups is 2. The molecule has 4 aliphatic rings. The smallest absolute Gasteiger partial charge is 0.223 e. The first-order valence-corrected chi connectivity index (χ1v) is 11.5. The number of nitrogens with zero attached hydrogens (tertiary/aromatic N) is 1. The third-order valence-corrected chi connectivity index (χ3v) is 9.29. The zero-order valence-electron chi connectivity index (χ0n) is 17.9. The van der Waals surface area contributed by atoms with Crippen molar-refractivity contribution in [2.75, 3.05) is 0 Å². The highest BCUT2D eigenvalue weighted by atomic mass is 19.1. The summed E-state index contributed by atoms with van der Waals surface area (Å²) < 4.78 is 13.3. The third-order valence-electron chi connectivity index (χ3n) is 9.29. The van der Waals surface area contributed by atoms with Crippen LogP contribution in [0.15, 0.2) is 24.3 Å². The van der Waals surface area contributed by atoms with E-state index in [0.717, 1.165) is 37.7 Å². The number of aliphatic hydroxyl groups excluding tert-OH is 1. The highest BCUT2D eigenvalue weighted by Crippen LogP contribution is 2.63. The van der Waals surface area contributed by atoms with E-state index in [1.807, 2.05) is 4.90 Å². The maximum atomic E-state index is 13.5. The van der Waals surface area contributed by atoms with Crippen molar-refractivity contribution in [2.24, 2.45) is 28.6 Å². The van der Waals surface area contributed by atoms with Crippen LogP contribution in [0.4, 0.5) is 4.39 Å². The van der Waals surface area contributed by atoms with Crippen LogP contribution in [0.2, 0.25) is 0 Å². The van der Waals surface area contributed by atoms with Gasteiger partial charge in [-0.3, -0.25) is 9.59 Å². The molecule has 3 unspecified atom stereocenters. The molecule has 1 N–H and O–H groups in total. The predicted molar refractivity (Wildman–Crippen MR) is 111 cm³/mol. The predicted octanol–water partition coefficient (Wildman–Crippen LogP) is 4.10. The van der Waals surface area contributed by atoms with Crippen LogP contribution in [-0.4, -0.2) is 33.8 Å². The Kier molecular flexibility index (Phi) is 4.62. The third kappa shape index (κ3) is 2.80. The molecule has 7 atom stereocenters. The molecular weight excluding hydrogens is 381 g/mol. The van der Waals surface area contributed by atoms with Crippen molar-refractivity contribution in [1.29, 1.82) is 0 Å². The highest BCUT2D eigenvalue weighted by molar-refractivity contribution is 5.85. The van der Waals surface area contributed by atoms with Gasteiger partial charge in [-0.15, -0.1) is 0 Å². The number of benzene rings is 1. The number of halogens is 1. The number of hydrogen-bond donors (Lipinski definition) is 1. The normalized spacial score (nSPS) is 43.2. The molecule has 0 spiro atoms. The Morgan fingerprint density at radius 2 is 1.80 bits per heavy atom. The van der Waals surface area contributed by atoms with Crippen LogP contribution in [0.3, 0.4) is 0 Å². The van der Waals surface area contributed by atoms with E-state index in [-0.39, 0.29) is 40.6 Å². The van der Waals surface area contributed by atoms with Crippen LogP contribution in [0.1, 0.15) is 64.4 Å². The lowest BCUT2D eigenvalue weighted by atomic mass is 9.47. The van der Waals surface area contributed by atoms with Crippen molar-refractivity contribution in [3.8, 4) is 0 Å². The first-order valence-electron chi connectivity index (χ1n) is 11.5. The minimum atomic E-state index is -0.374. The first kappa shape index (κ1) is 20.2. The average Bonchev–Trinajstić information content (AvgIpc) is 3.00. The molecule has 1 heterocycles. The summed E-state index contributed by atoms with van der Waals surface area (Å²) in [5.41, 5.74) is 0.431. The van der Waals surface area contributed by atoms with E-state index in [2.05, 4.69) is 13.8 Å². The fourth-order valence-corrected chi connectivity index (χ4v) is 7.78. The fourth-order valence-electron chi connectivity index (χ4n) is 7.78. The lowest BCUT2D eigenvalue weighted by Gasteiger charge is -2.61. The molecule has 5 heteroatoms. The summed E-state index contributed by atoms with van der Waals surface area (Å²) in [5.74, 6) is 0.853. The van der Waals surface area contributed by atoms with Crippen molar-refractivity contribution in [3.05, 3.63) is 35.6 Å². The molecule has 5 rings (SSSR count). The van der Waals surface area contributed by atoms with Gasteiger partial charge in [-0.2, -0.15) is 0 Å². The Hall–Kier alpha value is -1.75. The van der Waals surface area contributed by atoms with Gasteiger partial charge in [0.25, 0.3) is 0 Å². The number of fused-ring (bicyclic) bond motifs is 5. The number of rotatable bonds is 2. The molecule has 4 nitrogen and oxygen atoms in total. The Bertz CT molecular complexity index is 870. The second-order valence-electron chi connectivity index (χ2n) is 10.7. The van der Waals surface area contributed by atoms with Gasteiger partial charge in [0.2, 0.25) is 5.91 Å². The monoisotopic (exact) mass is 413 g/mol. The zero-order valence-corrected chi connectivity index (χ0v) is 17.9. The number of ketones is 1. The van der Waals surface area contributed by atoms with Crippen LogP contribution in [-0.2, 0) is 16.1 Å². The topological polar surface area (TPSA) is 57.6 Å². The molecule has 0 bridgehead atoms. The van der Waals surface area contributed by atoms with E-state index in [1.165, 1.54) is 12.1 Å². The maximum absolute atomic E-state index is 13.5. The highest BCUT2D eigenvalue weighted by Gasteiger charge is 2.64. The number of Topliss-reactive ketones (excluding diaryl/α,β-unsaturated/α-hetero) is 1. The lowest BCUT2D eigenvalue weighted by Crippen LogP contribution is -2.64. The van der Waals surface area contributed by atoms with E-state index in [1.54, 1.807) is 12.1 Å². The number of aliphatic hydroxyl groups is 1. The van der Waals surface area contributed by atoms with Gasteiger partial charge in [-0.05, 0) is 67.1 Å². The molecule has 1 aromatic rings. The van der Waals surface area contributed by atoms with Crippen molar-refractivity contribution in [2.45, 2.75) is 77.5 Å². The number of hydrogen-bond acceptors (Lipinski definition) is 3. The summed E-state index contributed by atoms with van der Waals surface area (Å²) >= 11 is 0. The van der Waals surface area contributed by atoms with Crippen LogP contribution in [0.25, 0.3) is 0 Å². The molecule has 4 fully saturated rings. The molecule has 1 aromatic carbocycles. The minimum Gasteiger partial charge on any atom is -0.393 e. The van der Waals surface area contributed by atoms with Gasteiger partial charge in [-0.25, -0.2) is 4.39 Å². The van der Waals surface area contributed by atoms with Gasteiger partial charge in [0, 0.05) is 36.8 Å². The van der Waals surface area contributed by atoms with Gasteiger partial charge < -0.3 is 10.0 Å². The molecule has 30 heavy (non-hydrogen) atoms. The Morgan fingerprint density at radius 3 is 2.53 bits per heavy atom. The lowest BCUT2D eigenvalue weighted by molar-refractivity contribution is -0.173. The standard InChI is InChI=1S/C25H32FNO3/c1-24-12-11-22(30)27(14-15-3-5-16(26)6-4-15)20(24)9-7-17-18-8-10-21(29)25(18,2)13-19(28)23(17)24/h3-6,17-18,20-21,23,29H,7-14H2,1-2H3/t17?,18-,20?,21?,23+,24-,25-/m0/s1. The minimum absolute atomic E-state index is 0.0246. The summed E-state index contributed by atoms with van der Waals surface area (Å²) in [6.45, 7) is 4.82. The van der Waals surface area contributed by atoms with E-state index in [9.17, 15) is 19.1 Å². The van der Waals surface area contributed by atoms with Gasteiger partial charge in [-0.1, -0.05) is 26.0 Å². The average molecular weight is 414 g/mol. The van der Waals surface area contributed by atoms with Gasteiger partial charge in [0.1, 0.15) is 11.6 Å². The molecule has 0 aromatic heterocycles. The van der Waals surface area contributed by atoms with Crippen molar-refractivity contribution in [3.63, 3.8) is 0 Å². The van der Waals surface area contributed by atoms with Crippen molar-refractivity contribution >= 4 is 11.7 Å².